The predicted molar refractivity (Wildman–Crippen MR) is 103 cm³/mol. The number of para-hydroxylation sites is 2. The maximum Gasteiger partial charge on any atom is 0.217 e. The Morgan fingerprint density at radius 3 is 2.69 bits per heavy atom. The third-order valence-electron chi connectivity index (χ3n) is 4.96. The lowest BCUT2D eigenvalue weighted by Gasteiger charge is -2.38. The van der Waals surface area contributed by atoms with Gasteiger partial charge in [0.2, 0.25) is 6.23 Å². The van der Waals surface area contributed by atoms with Gasteiger partial charge < -0.3 is 9.47 Å². The Hall–Kier alpha value is -2.79. The molecule has 4 nitrogen and oxygen atoms in total. The van der Waals surface area contributed by atoms with E-state index in [4.69, 9.17) is 14.6 Å². The van der Waals surface area contributed by atoms with Crippen LogP contribution in [0.3, 0.4) is 0 Å². The number of thiophene rings is 1. The number of ether oxygens (including phenoxy) is 2. The lowest BCUT2D eigenvalue weighted by atomic mass is 9.96. The van der Waals surface area contributed by atoms with Gasteiger partial charge >= 0.3 is 0 Å². The molecule has 2 aromatic carbocycles. The summed E-state index contributed by atoms with van der Waals surface area (Å²) in [6, 6.07) is 18.6. The van der Waals surface area contributed by atoms with Gasteiger partial charge in [-0.3, -0.25) is 0 Å². The number of methoxy groups -OCH3 is 1. The molecule has 0 spiro atoms. The Morgan fingerprint density at radius 2 is 1.88 bits per heavy atom. The molecule has 0 bridgehead atoms. The molecule has 3 heterocycles. The minimum absolute atomic E-state index is 0.171. The maximum absolute atomic E-state index is 6.38. The fraction of sp³-hybridized carbons (Fsp3) is 0.190. The molecule has 0 aliphatic carbocycles. The number of hydrazone groups is 1. The summed E-state index contributed by atoms with van der Waals surface area (Å²) in [5.74, 6) is 1.74. The van der Waals surface area contributed by atoms with Gasteiger partial charge in [-0.1, -0.05) is 30.3 Å². The van der Waals surface area contributed by atoms with Crippen molar-refractivity contribution >= 4 is 17.0 Å². The van der Waals surface area contributed by atoms with Crippen molar-refractivity contribution in [3.05, 3.63) is 82.0 Å². The Morgan fingerprint density at radius 1 is 1.08 bits per heavy atom. The minimum atomic E-state index is -0.304. The summed E-state index contributed by atoms with van der Waals surface area (Å²) in [6.45, 7) is 0. The first kappa shape index (κ1) is 15.5. The molecule has 2 unspecified atom stereocenters. The van der Waals surface area contributed by atoms with Crippen molar-refractivity contribution in [2.75, 3.05) is 7.11 Å². The van der Waals surface area contributed by atoms with Gasteiger partial charge in [0, 0.05) is 17.5 Å². The van der Waals surface area contributed by atoms with Crippen molar-refractivity contribution in [3.8, 4) is 11.5 Å². The van der Waals surface area contributed by atoms with Crippen LogP contribution in [0.5, 0.6) is 11.5 Å². The number of nitrogens with zero attached hydrogens (tertiary/aromatic N) is 2. The summed E-state index contributed by atoms with van der Waals surface area (Å²) in [6.07, 6.45) is 0.574. The lowest BCUT2D eigenvalue weighted by molar-refractivity contribution is -0.0203. The molecule has 130 valence electrons. The van der Waals surface area contributed by atoms with E-state index in [1.54, 1.807) is 18.4 Å². The van der Waals surface area contributed by atoms with Gasteiger partial charge in [0.25, 0.3) is 0 Å². The van der Waals surface area contributed by atoms with Crippen LogP contribution in [0.25, 0.3) is 0 Å². The van der Waals surface area contributed by atoms with Gasteiger partial charge in [0.1, 0.15) is 11.5 Å². The smallest absolute Gasteiger partial charge is 0.217 e. The van der Waals surface area contributed by atoms with Crippen molar-refractivity contribution in [2.45, 2.75) is 18.7 Å². The molecular weight excluding hydrogens is 344 g/mol. The standard InChI is InChI=1S/C21H18N2O2S/c1-24-19-8-4-3-7-16(19)21-23-18(15-6-2-5-9-20(15)25-21)12-17(22-23)14-10-11-26-13-14/h2-11,13,18,21H,12H2,1H3. The van der Waals surface area contributed by atoms with Crippen LogP contribution >= 0.6 is 11.3 Å². The second-order valence-electron chi connectivity index (χ2n) is 6.41. The molecule has 0 saturated carbocycles. The first-order valence-corrected chi connectivity index (χ1v) is 9.56. The van der Waals surface area contributed by atoms with Crippen LogP contribution in [0.2, 0.25) is 0 Å². The van der Waals surface area contributed by atoms with Crippen LogP contribution < -0.4 is 9.47 Å². The van der Waals surface area contributed by atoms with E-state index in [1.807, 2.05) is 36.4 Å². The molecule has 2 aliphatic rings. The van der Waals surface area contributed by atoms with Crippen molar-refractivity contribution < 1.29 is 9.47 Å². The molecule has 2 aliphatic heterocycles. The van der Waals surface area contributed by atoms with Crippen molar-refractivity contribution in [1.82, 2.24) is 5.01 Å². The third-order valence-corrected chi connectivity index (χ3v) is 5.64. The van der Waals surface area contributed by atoms with Gasteiger partial charge in [0.05, 0.1) is 24.4 Å². The van der Waals surface area contributed by atoms with E-state index >= 15 is 0 Å². The zero-order chi connectivity index (χ0) is 17.5. The second-order valence-corrected chi connectivity index (χ2v) is 7.19. The van der Waals surface area contributed by atoms with E-state index < -0.39 is 0 Å². The normalized spacial score (nSPS) is 20.8. The summed E-state index contributed by atoms with van der Waals surface area (Å²) in [5, 5.41) is 11.3. The topological polar surface area (TPSA) is 34.1 Å². The predicted octanol–water partition coefficient (Wildman–Crippen LogP) is 5.00. The van der Waals surface area contributed by atoms with Crippen LogP contribution in [0.4, 0.5) is 0 Å². The Labute approximate surface area is 156 Å². The molecule has 0 N–H and O–H groups in total. The van der Waals surface area contributed by atoms with Gasteiger partial charge in [-0.05, 0) is 35.0 Å². The van der Waals surface area contributed by atoms with Gasteiger partial charge in [-0.15, -0.1) is 0 Å². The molecule has 2 atom stereocenters. The number of hydrogen-bond donors (Lipinski definition) is 0. The first-order valence-electron chi connectivity index (χ1n) is 8.62. The van der Waals surface area contributed by atoms with Crippen LogP contribution in [0, 0.1) is 0 Å². The average molecular weight is 362 g/mol. The van der Waals surface area contributed by atoms with Crippen molar-refractivity contribution in [3.63, 3.8) is 0 Å². The van der Waals surface area contributed by atoms with E-state index in [2.05, 4.69) is 34.0 Å². The molecule has 5 heteroatoms. The zero-order valence-corrected chi connectivity index (χ0v) is 15.1. The molecule has 26 heavy (non-hydrogen) atoms. The second kappa shape index (κ2) is 6.18. The van der Waals surface area contributed by atoms with E-state index in [0.717, 1.165) is 29.2 Å². The first-order chi connectivity index (χ1) is 12.8. The SMILES string of the molecule is COc1ccccc1C1Oc2ccccc2C2CC(c3ccsc3)=NN21. The summed E-state index contributed by atoms with van der Waals surface area (Å²) < 4.78 is 12.0. The van der Waals surface area contributed by atoms with Crippen molar-refractivity contribution in [1.29, 1.82) is 0 Å². The van der Waals surface area contributed by atoms with E-state index in [1.165, 1.54) is 11.1 Å². The number of rotatable bonds is 3. The number of benzene rings is 2. The monoisotopic (exact) mass is 362 g/mol. The molecule has 3 aromatic rings. The maximum atomic E-state index is 6.38. The highest BCUT2D eigenvalue weighted by molar-refractivity contribution is 7.08. The highest BCUT2D eigenvalue weighted by Crippen LogP contribution is 2.48. The lowest BCUT2D eigenvalue weighted by Crippen LogP contribution is -2.33. The molecule has 0 fully saturated rings. The van der Waals surface area contributed by atoms with E-state index in [9.17, 15) is 0 Å². The Balaban J connectivity index is 1.63. The highest BCUT2D eigenvalue weighted by Gasteiger charge is 2.41. The molecule has 1 aromatic heterocycles. The van der Waals surface area contributed by atoms with Crippen LogP contribution in [0.15, 0.2) is 70.5 Å². The Bertz CT molecular complexity index is 968. The average Bonchev–Trinajstić information content (AvgIpc) is 3.37. The Kier molecular flexibility index (Phi) is 3.68. The fourth-order valence-corrected chi connectivity index (χ4v) is 4.38. The molecular formula is C21H18N2O2S. The van der Waals surface area contributed by atoms with Gasteiger partial charge in [-0.2, -0.15) is 16.4 Å². The van der Waals surface area contributed by atoms with Crippen LogP contribution in [0.1, 0.15) is 35.4 Å². The fourth-order valence-electron chi connectivity index (χ4n) is 3.71. The number of hydrogen-bond acceptors (Lipinski definition) is 5. The van der Waals surface area contributed by atoms with Crippen LogP contribution in [-0.4, -0.2) is 17.8 Å². The minimum Gasteiger partial charge on any atom is -0.496 e. The number of fused-ring (bicyclic) bond motifs is 3. The zero-order valence-electron chi connectivity index (χ0n) is 14.3. The summed E-state index contributed by atoms with van der Waals surface area (Å²) >= 11 is 1.70. The molecule has 5 rings (SSSR count). The summed E-state index contributed by atoms with van der Waals surface area (Å²) in [7, 11) is 1.69. The third kappa shape index (κ3) is 2.39. The van der Waals surface area contributed by atoms with Crippen LogP contribution in [-0.2, 0) is 0 Å². The highest BCUT2D eigenvalue weighted by atomic mass is 32.1. The van der Waals surface area contributed by atoms with E-state index in [-0.39, 0.29) is 12.3 Å². The molecule has 0 amide bonds. The van der Waals surface area contributed by atoms with Crippen molar-refractivity contribution in [2.24, 2.45) is 5.10 Å². The summed E-state index contributed by atoms with van der Waals surface area (Å²) in [5.41, 5.74) is 4.48. The van der Waals surface area contributed by atoms with E-state index in [0.29, 0.717) is 0 Å². The quantitative estimate of drug-likeness (QED) is 0.658. The van der Waals surface area contributed by atoms with Gasteiger partial charge in [-0.25, -0.2) is 5.01 Å². The molecule has 0 saturated heterocycles. The summed E-state index contributed by atoms with van der Waals surface area (Å²) in [4.78, 5) is 0. The molecule has 0 radical (unpaired) electrons. The largest absolute Gasteiger partial charge is 0.496 e. The van der Waals surface area contributed by atoms with Gasteiger partial charge in [0.15, 0.2) is 0 Å².